The quantitative estimate of drug-likeness (QED) is 0.305. The van der Waals surface area contributed by atoms with Crippen molar-refractivity contribution in [2.24, 2.45) is 0 Å². The molecule has 5 heteroatoms. The Balaban J connectivity index is 3.16. The van der Waals surface area contributed by atoms with Gasteiger partial charge in [-0.2, -0.15) is 0 Å². The third kappa shape index (κ3) is 17.5. The standard InChI is InChI=1S/C20H38O5/c1-24-19(22)16-14-12-10-8-6-4-3-5-7-9-11-13-15-18(21)17-20(23)25-2/h18,21H,3-17H2,1-2H3/t18-/m1/s1. The zero-order valence-corrected chi connectivity index (χ0v) is 16.3. The van der Waals surface area contributed by atoms with Crippen LogP contribution in [0.4, 0.5) is 0 Å². The van der Waals surface area contributed by atoms with Gasteiger partial charge in [-0.05, 0) is 12.8 Å². The van der Waals surface area contributed by atoms with Crippen molar-refractivity contribution in [3.05, 3.63) is 0 Å². The Bertz CT molecular complexity index is 330. The summed E-state index contributed by atoms with van der Waals surface area (Å²) < 4.78 is 9.16. The summed E-state index contributed by atoms with van der Waals surface area (Å²) in [5.74, 6) is -0.436. The van der Waals surface area contributed by atoms with Crippen LogP contribution >= 0.6 is 0 Å². The van der Waals surface area contributed by atoms with Crippen molar-refractivity contribution in [1.82, 2.24) is 0 Å². The number of rotatable bonds is 17. The van der Waals surface area contributed by atoms with Crippen LogP contribution in [0.25, 0.3) is 0 Å². The van der Waals surface area contributed by atoms with Gasteiger partial charge in [0.2, 0.25) is 0 Å². The Hall–Kier alpha value is -1.10. The lowest BCUT2D eigenvalue weighted by Crippen LogP contribution is -2.14. The maximum Gasteiger partial charge on any atom is 0.308 e. The van der Waals surface area contributed by atoms with Gasteiger partial charge in [-0.25, -0.2) is 0 Å². The summed E-state index contributed by atoms with van der Waals surface area (Å²) in [7, 11) is 2.79. The van der Waals surface area contributed by atoms with E-state index in [4.69, 9.17) is 0 Å². The molecule has 0 rings (SSSR count). The van der Waals surface area contributed by atoms with Crippen LogP contribution in [-0.2, 0) is 19.1 Å². The summed E-state index contributed by atoms with van der Waals surface area (Å²) in [6.45, 7) is 0. The van der Waals surface area contributed by atoms with E-state index in [2.05, 4.69) is 9.47 Å². The second-order valence-electron chi connectivity index (χ2n) is 6.79. The first-order valence-corrected chi connectivity index (χ1v) is 9.91. The van der Waals surface area contributed by atoms with Crippen molar-refractivity contribution >= 4 is 11.9 Å². The second kappa shape index (κ2) is 17.7. The molecule has 148 valence electrons. The molecule has 0 aliphatic carbocycles. The molecule has 0 aliphatic rings. The highest BCUT2D eigenvalue weighted by Gasteiger charge is 2.10. The average Bonchev–Trinajstić information content (AvgIpc) is 2.61. The summed E-state index contributed by atoms with van der Waals surface area (Å²) in [6, 6.07) is 0. The largest absolute Gasteiger partial charge is 0.469 e. The molecule has 0 amide bonds. The third-order valence-electron chi connectivity index (χ3n) is 4.53. The number of ether oxygens (including phenoxy) is 2. The van der Waals surface area contributed by atoms with Crippen molar-refractivity contribution in [3.8, 4) is 0 Å². The van der Waals surface area contributed by atoms with Gasteiger partial charge in [0.15, 0.2) is 0 Å². The van der Waals surface area contributed by atoms with E-state index in [0.717, 1.165) is 25.7 Å². The SMILES string of the molecule is COC(=O)CCCCCCCCCCCCCC[C@@H](O)CC(=O)OC. The van der Waals surface area contributed by atoms with Gasteiger partial charge in [0.05, 0.1) is 26.7 Å². The predicted octanol–water partition coefficient (Wildman–Crippen LogP) is 4.54. The van der Waals surface area contributed by atoms with Crippen LogP contribution in [0.5, 0.6) is 0 Å². The fourth-order valence-electron chi connectivity index (χ4n) is 2.90. The normalized spacial score (nSPS) is 12.0. The fraction of sp³-hybridized carbons (Fsp3) is 0.900. The molecule has 0 aromatic rings. The van der Waals surface area contributed by atoms with E-state index in [0.29, 0.717) is 12.8 Å². The van der Waals surface area contributed by atoms with Crippen LogP contribution in [0, 0.1) is 0 Å². The number of hydrogen-bond donors (Lipinski definition) is 1. The molecule has 1 N–H and O–H groups in total. The zero-order chi connectivity index (χ0) is 18.8. The summed E-state index contributed by atoms with van der Waals surface area (Å²) in [6.07, 6.45) is 15.1. The zero-order valence-electron chi connectivity index (χ0n) is 16.3. The van der Waals surface area contributed by atoms with Crippen LogP contribution in [-0.4, -0.2) is 37.4 Å². The fourth-order valence-corrected chi connectivity index (χ4v) is 2.90. The summed E-state index contributed by atoms with van der Waals surface area (Å²) in [5.41, 5.74) is 0. The van der Waals surface area contributed by atoms with Crippen LogP contribution < -0.4 is 0 Å². The lowest BCUT2D eigenvalue weighted by Gasteiger charge is -2.08. The molecular formula is C20H38O5. The Morgan fingerprint density at radius 3 is 1.52 bits per heavy atom. The number of carbonyl (C=O) groups is 2. The van der Waals surface area contributed by atoms with Crippen molar-refractivity contribution in [2.75, 3.05) is 14.2 Å². The maximum atomic E-state index is 11.0. The van der Waals surface area contributed by atoms with E-state index in [-0.39, 0.29) is 18.4 Å². The van der Waals surface area contributed by atoms with Crippen LogP contribution in [0.15, 0.2) is 0 Å². The summed E-state index contributed by atoms with van der Waals surface area (Å²) in [4.78, 5) is 21.9. The topological polar surface area (TPSA) is 72.8 Å². The van der Waals surface area contributed by atoms with Gasteiger partial charge < -0.3 is 14.6 Å². The Kier molecular flexibility index (Phi) is 16.9. The molecule has 0 heterocycles. The molecule has 5 nitrogen and oxygen atoms in total. The Labute approximate surface area is 153 Å². The highest BCUT2D eigenvalue weighted by atomic mass is 16.5. The van der Waals surface area contributed by atoms with E-state index in [9.17, 15) is 14.7 Å². The van der Waals surface area contributed by atoms with E-state index >= 15 is 0 Å². The van der Waals surface area contributed by atoms with Crippen molar-refractivity contribution in [2.45, 2.75) is 102 Å². The molecular weight excluding hydrogens is 320 g/mol. The maximum absolute atomic E-state index is 11.0. The molecule has 0 bridgehead atoms. The molecule has 0 aromatic heterocycles. The minimum atomic E-state index is -0.555. The number of hydrogen-bond acceptors (Lipinski definition) is 5. The molecule has 0 fully saturated rings. The van der Waals surface area contributed by atoms with Gasteiger partial charge in [0.1, 0.15) is 0 Å². The van der Waals surface area contributed by atoms with Crippen LogP contribution in [0.1, 0.15) is 96.3 Å². The van der Waals surface area contributed by atoms with E-state index in [1.165, 1.54) is 65.6 Å². The molecule has 0 saturated heterocycles. The first-order valence-electron chi connectivity index (χ1n) is 9.91. The molecule has 0 spiro atoms. The average molecular weight is 359 g/mol. The van der Waals surface area contributed by atoms with Gasteiger partial charge in [-0.3, -0.25) is 9.59 Å². The highest BCUT2D eigenvalue weighted by molar-refractivity contribution is 5.69. The third-order valence-corrected chi connectivity index (χ3v) is 4.53. The number of unbranched alkanes of at least 4 members (excludes halogenated alkanes) is 11. The lowest BCUT2D eigenvalue weighted by atomic mass is 10.0. The van der Waals surface area contributed by atoms with Gasteiger partial charge in [-0.1, -0.05) is 70.6 Å². The Morgan fingerprint density at radius 2 is 1.08 bits per heavy atom. The molecule has 1 atom stereocenters. The number of carbonyl (C=O) groups excluding carboxylic acids is 2. The minimum Gasteiger partial charge on any atom is -0.469 e. The first kappa shape index (κ1) is 23.9. The summed E-state index contributed by atoms with van der Waals surface area (Å²) in [5, 5.41) is 9.64. The number of aliphatic hydroxyl groups is 1. The lowest BCUT2D eigenvalue weighted by molar-refractivity contribution is -0.143. The van der Waals surface area contributed by atoms with Crippen LogP contribution in [0.2, 0.25) is 0 Å². The van der Waals surface area contributed by atoms with Crippen LogP contribution in [0.3, 0.4) is 0 Å². The predicted molar refractivity (Wildman–Crippen MR) is 99.3 cm³/mol. The van der Waals surface area contributed by atoms with Crippen molar-refractivity contribution in [1.29, 1.82) is 0 Å². The minimum absolute atomic E-state index is 0.0991. The van der Waals surface area contributed by atoms with Gasteiger partial charge in [0.25, 0.3) is 0 Å². The molecule has 0 saturated carbocycles. The van der Waals surface area contributed by atoms with E-state index in [1.807, 2.05) is 0 Å². The highest BCUT2D eigenvalue weighted by Crippen LogP contribution is 2.14. The monoisotopic (exact) mass is 358 g/mol. The summed E-state index contributed by atoms with van der Waals surface area (Å²) >= 11 is 0. The van der Waals surface area contributed by atoms with E-state index < -0.39 is 6.10 Å². The van der Waals surface area contributed by atoms with Gasteiger partial charge in [-0.15, -0.1) is 0 Å². The molecule has 0 radical (unpaired) electrons. The molecule has 0 unspecified atom stereocenters. The first-order chi connectivity index (χ1) is 12.1. The van der Waals surface area contributed by atoms with Crippen molar-refractivity contribution < 1.29 is 24.2 Å². The number of esters is 2. The van der Waals surface area contributed by atoms with E-state index in [1.54, 1.807) is 0 Å². The van der Waals surface area contributed by atoms with Gasteiger partial charge >= 0.3 is 11.9 Å². The molecule has 0 aromatic carbocycles. The number of aliphatic hydroxyl groups excluding tert-OH is 1. The Morgan fingerprint density at radius 1 is 0.680 bits per heavy atom. The molecule has 0 aliphatic heterocycles. The molecule has 25 heavy (non-hydrogen) atoms. The second-order valence-corrected chi connectivity index (χ2v) is 6.79. The van der Waals surface area contributed by atoms with Gasteiger partial charge in [0, 0.05) is 6.42 Å². The smallest absolute Gasteiger partial charge is 0.308 e. The van der Waals surface area contributed by atoms with Crippen molar-refractivity contribution in [3.63, 3.8) is 0 Å². The number of methoxy groups -OCH3 is 2.